The largest absolute Gasteiger partial charge is 0.507 e. The maximum Gasteiger partial charge on any atom is 0.390 e. The summed E-state index contributed by atoms with van der Waals surface area (Å²) in [7, 11) is 0. The smallest absolute Gasteiger partial charge is 0.390 e. The van der Waals surface area contributed by atoms with Crippen LogP contribution in [0, 0.1) is 0 Å². The number of carbonyl (C=O) groups is 1. The fourth-order valence-electron chi connectivity index (χ4n) is 1.32. The number of aromatic hydroxyl groups is 1. The number of aromatic carboxylic acids is 1. The number of alkyl halides is 3. The van der Waals surface area contributed by atoms with E-state index in [9.17, 15) is 23.1 Å². The van der Waals surface area contributed by atoms with Crippen LogP contribution in [-0.2, 0) is 0 Å². The van der Waals surface area contributed by atoms with Gasteiger partial charge in [-0.2, -0.15) is 13.2 Å². The van der Waals surface area contributed by atoms with Crippen molar-refractivity contribution in [3.05, 3.63) is 29.3 Å². The van der Waals surface area contributed by atoms with Crippen LogP contribution in [0.1, 0.15) is 28.4 Å². The molecule has 0 heterocycles. The Balaban J connectivity index is 3.00. The number of hydrogen-bond donors (Lipinski definition) is 3. The van der Waals surface area contributed by atoms with Crippen molar-refractivity contribution < 1.29 is 28.2 Å². The molecule has 4 nitrogen and oxygen atoms in total. The van der Waals surface area contributed by atoms with Crippen LogP contribution in [0.3, 0.4) is 0 Å². The van der Waals surface area contributed by atoms with E-state index in [1.54, 1.807) is 0 Å². The second kappa shape index (κ2) is 4.62. The molecule has 1 rings (SSSR count). The third-order valence-electron chi connectivity index (χ3n) is 2.13. The van der Waals surface area contributed by atoms with Crippen molar-refractivity contribution >= 4 is 5.97 Å². The average molecular weight is 249 g/mol. The molecule has 0 aliphatic rings. The van der Waals surface area contributed by atoms with E-state index in [1.165, 1.54) is 0 Å². The summed E-state index contributed by atoms with van der Waals surface area (Å²) < 4.78 is 36.3. The predicted molar refractivity (Wildman–Crippen MR) is 52.7 cm³/mol. The lowest BCUT2D eigenvalue weighted by Crippen LogP contribution is -2.20. The first-order valence-electron chi connectivity index (χ1n) is 4.59. The van der Waals surface area contributed by atoms with Gasteiger partial charge in [0.25, 0.3) is 0 Å². The van der Waals surface area contributed by atoms with Crippen molar-refractivity contribution in [1.82, 2.24) is 0 Å². The summed E-state index contributed by atoms with van der Waals surface area (Å²) in [6.07, 6.45) is -5.68. The zero-order valence-electron chi connectivity index (χ0n) is 8.53. The van der Waals surface area contributed by atoms with Gasteiger partial charge in [-0.15, -0.1) is 0 Å². The van der Waals surface area contributed by atoms with E-state index in [4.69, 9.17) is 10.8 Å². The maximum atomic E-state index is 12.1. The molecule has 0 fully saturated rings. The first-order chi connectivity index (χ1) is 7.70. The lowest BCUT2D eigenvalue weighted by molar-refractivity contribution is -0.138. The third kappa shape index (κ3) is 3.63. The molecule has 0 saturated heterocycles. The van der Waals surface area contributed by atoms with Crippen molar-refractivity contribution in [2.24, 2.45) is 5.73 Å². The first-order valence-corrected chi connectivity index (χ1v) is 4.59. The van der Waals surface area contributed by atoms with Crippen LogP contribution >= 0.6 is 0 Å². The van der Waals surface area contributed by atoms with Crippen molar-refractivity contribution in [3.63, 3.8) is 0 Å². The molecule has 1 aromatic carbocycles. The van der Waals surface area contributed by atoms with Gasteiger partial charge in [-0.25, -0.2) is 4.79 Å². The van der Waals surface area contributed by atoms with E-state index in [1.807, 2.05) is 0 Å². The molecule has 0 amide bonds. The molecule has 0 aliphatic carbocycles. The van der Waals surface area contributed by atoms with E-state index in [-0.39, 0.29) is 5.56 Å². The zero-order chi connectivity index (χ0) is 13.2. The van der Waals surface area contributed by atoms with Crippen LogP contribution < -0.4 is 5.73 Å². The number of phenols is 1. The molecule has 0 spiro atoms. The first kappa shape index (κ1) is 13.3. The molecule has 1 aromatic rings. The van der Waals surface area contributed by atoms with E-state index in [2.05, 4.69) is 0 Å². The van der Waals surface area contributed by atoms with Crippen molar-refractivity contribution in [2.45, 2.75) is 18.6 Å². The van der Waals surface area contributed by atoms with Gasteiger partial charge < -0.3 is 15.9 Å². The molecule has 0 aliphatic heterocycles. The molecule has 94 valence electrons. The van der Waals surface area contributed by atoms with Gasteiger partial charge in [0.15, 0.2) is 0 Å². The van der Waals surface area contributed by atoms with Gasteiger partial charge in [0.2, 0.25) is 0 Å². The number of halogens is 3. The SMILES string of the molecule is N[C@H](CC(F)(F)F)c1ccc(O)c(C(=O)O)c1. The highest BCUT2D eigenvalue weighted by Gasteiger charge is 2.31. The Hall–Kier alpha value is -1.76. The van der Waals surface area contributed by atoms with Gasteiger partial charge in [0.1, 0.15) is 11.3 Å². The molecular weight excluding hydrogens is 239 g/mol. The summed E-state index contributed by atoms with van der Waals surface area (Å²) in [4.78, 5) is 10.7. The number of carboxylic acid groups (broad SMARTS) is 1. The second-order valence-electron chi connectivity index (χ2n) is 3.51. The van der Waals surface area contributed by atoms with Crippen LogP contribution in [0.25, 0.3) is 0 Å². The van der Waals surface area contributed by atoms with Crippen molar-refractivity contribution in [1.29, 1.82) is 0 Å². The van der Waals surface area contributed by atoms with Crippen LogP contribution in [0.2, 0.25) is 0 Å². The fraction of sp³-hybridized carbons (Fsp3) is 0.300. The van der Waals surface area contributed by atoms with Crippen molar-refractivity contribution in [2.75, 3.05) is 0 Å². The maximum absolute atomic E-state index is 12.1. The highest BCUT2D eigenvalue weighted by Crippen LogP contribution is 2.29. The molecule has 0 unspecified atom stereocenters. The second-order valence-corrected chi connectivity index (χ2v) is 3.51. The molecule has 0 bridgehead atoms. The molecule has 0 saturated carbocycles. The Morgan fingerprint density at radius 2 is 2.00 bits per heavy atom. The number of rotatable bonds is 3. The van der Waals surface area contributed by atoms with Gasteiger partial charge in [-0.3, -0.25) is 0 Å². The predicted octanol–water partition coefficient (Wildman–Crippen LogP) is 2.04. The van der Waals surface area contributed by atoms with Crippen LogP contribution in [0.5, 0.6) is 5.75 Å². The monoisotopic (exact) mass is 249 g/mol. The summed E-state index contributed by atoms with van der Waals surface area (Å²) in [5.74, 6) is -1.94. The molecule has 0 aromatic heterocycles. The minimum Gasteiger partial charge on any atom is -0.507 e. The Morgan fingerprint density at radius 3 is 2.47 bits per heavy atom. The topological polar surface area (TPSA) is 83.5 Å². The Bertz CT molecular complexity index is 431. The Labute approximate surface area is 94.5 Å². The minimum atomic E-state index is -4.43. The third-order valence-corrected chi connectivity index (χ3v) is 2.13. The molecule has 7 heteroatoms. The number of carboxylic acids is 1. The fourth-order valence-corrected chi connectivity index (χ4v) is 1.32. The highest BCUT2D eigenvalue weighted by molar-refractivity contribution is 5.90. The van der Waals surface area contributed by atoms with E-state index < -0.39 is 35.9 Å². The lowest BCUT2D eigenvalue weighted by Gasteiger charge is -2.15. The minimum absolute atomic E-state index is 0.0116. The molecule has 17 heavy (non-hydrogen) atoms. The highest BCUT2D eigenvalue weighted by atomic mass is 19.4. The molecule has 0 radical (unpaired) electrons. The summed E-state index contributed by atoms with van der Waals surface area (Å²) >= 11 is 0. The summed E-state index contributed by atoms with van der Waals surface area (Å²) in [5, 5.41) is 17.9. The zero-order valence-corrected chi connectivity index (χ0v) is 8.53. The summed E-state index contributed by atoms with van der Waals surface area (Å²) in [6, 6.07) is 1.76. The number of hydrogen-bond acceptors (Lipinski definition) is 3. The van der Waals surface area contributed by atoms with E-state index >= 15 is 0 Å². The van der Waals surface area contributed by atoms with Gasteiger partial charge in [0, 0.05) is 6.04 Å². The summed E-state index contributed by atoms with van der Waals surface area (Å²) in [6.45, 7) is 0. The van der Waals surface area contributed by atoms with E-state index in [0.29, 0.717) is 0 Å². The lowest BCUT2D eigenvalue weighted by atomic mass is 10.0. The van der Waals surface area contributed by atoms with Crippen molar-refractivity contribution in [3.8, 4) is 5.75 Å². The van der Waals surface area contributed by atoms with Gasteiger partial charge in [-0.1, -0.05) is 6.07 Å². The molecular formula is C10H10F3NO3. The molecule has 4 N–H and O–H groups in total. The normalized spacial score (nSPS) is 13.4. The van der Waals surface area contributed by atoms with Crippen LogP contribution in [-0.4, -0.2) is 22.4 Å². The molecule has 1 atom stereocenters. The standard InChI is InChI=1S/C10H10F3NO3/c11-10(12,13)4-7(14)5-1-2-8(15)6(3-5)9(16)17/h1-3,7,15H,4,14H2,(H,16,17)/t7-/m1/s1. The number of nitrogens with two attached hydrogens (primary N) is 1. The van der Waals surface area contributed by atoms with Crippen LogP contribution in [0.15, 0.2) is 18.2 Å². The van der Waals surface area contributed by atoms with Gasteiger partial charge >= 0.3 is 12.1 Å². The van der Waals surface area contributed by atoms with E-state index in [0.717, 1.165) is 18.2 Å². The number of benzene rings is 1. The van der Waals surface area contributed by atoms with Gasteiger partial charge in [-0.05, 0) is 17.7 Å². The Kier molecular flexibility index (Phi) is 3.62. The van der Waals surface area contributed by atoms with Gasteiger partial charge in [0.05, 0.1) is 6.42 Å². The van der Waals surface area contributed by atoms with Crippen LogP contribution in [0.4, 0.5) is 13.2 Å². The Morgan fingerprint density at radius 1 is 1.41 bits per heavy atom. The summed E-state index contributed by atoms with van der Waals surface area (Å²) in [5.41, 5.74) is 4.85. The average Bonchev–Trinajstić information content (AvgIpc) is 2.14. The quantitative estimate of drug-likeness (QED) is 0.765.